The van der Waals surface area contributed by atoms with E-state index in [4.69, 9.17) is 0 Å². The van der Waals surface area contributed by atoms with Gasteiger partial charge < -0.3 is 4.57 Å². The first kappa shape index (κ1) is 12.9. The monoisotopic (exact) mass is 297 g/mol. The molecule has 0 amide bonds. The minimum absolute atomic E-state index is 0.164. The Balaban J connectivity index is 2.32. The summed E-state index contributed by atoms with van der Waals surface area (Å²) in [5.74, 6) is 1.12. The van der Waals surface area contributed by atoms with E-state index in [2.05, 4.69) is 29.8 Å². The average molecular weight is 298 g/mol. The van der Waals surface area contributed by atoms with Crippen molar-refractivity contribution >= 4 is 15.9 Å². The van der Waals surface area contributed by atoms with Gasteiger partial charge in [0.1, 0.15) is 0 Å². The first-order valence-corrected chi connectivity index (χ1v) is 7.53. The minimum atomic E-state index is 0.164. The summed E-state index contributed by atoms with van der Waals surface area (Å²) in [4.78, 5) is 12.0. The molecule has 0 spiro atoms. The predicted molar refractivity (Wildman–Crippen MR) is 74.8 cm³/mol. The van der Waals surface area contributed by atoms with E-state index in [1.165, 1.54) is 17.7 Å². The van der Waals surface area contributed by atoms with Crippen molar-refractivity contribution in [3.05, 3.63) is 33.7 Å². The zero-order chi connectivity index (χ0) is 12.4. The van der Waals surface area contributed by atoms with Gasteiger partial charge in [0.2, 0.25) is 0 Å². The molecule has 1 aliphatic carbocycles. The fraction of sp³-hybridized carbons (Fsp3) is 0.643. The van der Waals surface area contributed by atoms with Crippen molar-refractivity contribution in [2.45, 2.75) is 39.7 Å². The van der Waals surface area contributed by atoms with Crippen LogP contribution in [0.25, 0.3) is 0 Å². The van der Waals surface area contributed by atoms with Crippen molar-refractivity contribution < 1.29 is 0 Å². The van der Waals surface area contributed by atoms with Crippen LogP contribution in [0.3, 0.4) is 0 Å². The number of nitrogens with zero attached hydrogens (tertiary/aromatic N) is 1. The Bertz CT molecular complexity index is 450. The highest BCUT2D eigenvalue weighted by atomic mass is 79.9. The Labute approximate surface area is 111 Å². The number of aromatic nitrogens is 1. The lowest BCUT2D eigenvalue weighted by atomic mass is 9.97. The van der Waals surface area contributed by atoms with E-state index in [0.29, 0.717) is 11.8 Å². The number of pyridine rings is 1. The van der Waals surface area contributed by atoms with Crippen LogP contribution in [-0.2, 0) is 19.4 Å². The molecule has 1 aromatic heterocycles. The third-order valence-electron chi connectivity index (χ3n) is 3.81. The van der Waals surface area contributed by atoms with Crippen LogP contribution in [0.1, 0.15) is 31.5 Å². The number of alkyl halides is 1. The SMILES string of the molecule is CC(C)C(CBr)Cn1c2c(ccc1=O)CCC2. The maximum absolute atomic E-state index is 12.0. The molecule has 94 valence electrons. The molecule has 1 aromatic rings. The van der Waals surface area contributed by atoms with Crippen LogP contribution in [0.2, 0.25) is 0 Å². The smallest absolute Gasteiger partial charge is 0.250 e. The van der Waals surface area contributed by atoms with Crippen molar-refractivity contribution in [2.24, 2.45) is 11.8 Å². The molecule has 0 aliphatic heterocycles. The summed E-state index contributed by atoms with van der Waals surface area (Å²) in [5.41, 5.74) is 2.82. The zero-order valence-electron chi connectivity index (χ0n) is 10.6. The van der Waals surface area contributed by atoms with Gasteiger partial charge in [0.25, 0.3) is 5.56 Å². The summed E-state index contributed by atoms with van der Waals surface area (Å²) in [6.07, 6.45) is 3.40. The summed E-state index contributed by atoms with van der Waals surface area (Å²) in [5, 5.41) is 0.959. The maximum atomic E-state index is 12.0. The lowest BCUT2D eigenvalue weighted by Gasteiger charge is -2.21. The zero-order valence-corrected chi connectivity index (χ0v) is 12.2. The van der Waals surface area contributed by atoms with Crippen LogP contribution >= 0.6 is 15.9 Å². The van der Waals surface area contributed by atoms with Crippen LogP contribution in [0.4, 0.5) is 0 Å². The fourth-order valence-corrected chi connectivity index (χ4v) is 3.46. The summed E-state index contributed by atoms with van der Waals surface area (Å²) in [6.45, 7) is 5.30. The number of hydrogen-bond acceptors (Lipinski definition) is 1. The van der Waals surface area contributed by atoms with E-state index in [-0.39, 0.29) is 5.56 Å². The molecular weight excluding hydrogens is 278 g/mol. The third-order valence-corrected chi connectivity index (χ3v) is 4.64. The normalized spacial score (nSPS) is 16.2. The number of rotatable bonds is 4. The van der Waals surface area contributed by atoms with Gasteiger partial charge in [-0.25, -0.2) is 0 Å². The molecule has 0 N–H and O–H groups in total. The number of halogens is 1. The van der Waals surface area contributed by atoms with E-state index in [1.807, 2.05) is 10.6 Å². The molecule has 17 heavy (non-hydrogen) atoms. The second-order valence-electron chi connectivity index (χ2n) is 5.27. The van der Waals surface area contributed by atoms with E-state index in [0.717, 1.165) is 24.7 Å². The standard InChI is InChI=1S/C14H20BrNO/c1-10(2)12(8-15)9-16-13-5-3-4-11(13)6-7-14(16)17/h6-7,10,12H,3-5,8-9H2,1-2H3. The number of fused-ring (bicyclic) bond motifs is 1. The van der Waals surface area contributed by atoms with Gasteiger partial charge in [0.15, 0.2) is 0 Å². The van der Waals surface area contributed by atoms with Crippen molar-refractivity contribution in [2.75, 3.05) is 5.33 Å². The van der Waals surface area contributed by atoms with Crippen molar-refractivity contribution in [3.8, 4) is 0 Å². The molecule has 0 saturated heterocycles. The topological polar surface area (TPSA) is 22.0 Å². The lowest BCUT2D eigenvalue weighted by Crippen LogP contribution is -2.29. The Morgan fingerprint density at radius 3 is 2.76 bits per heavy atom. The van der Waals surface area contributed by atoms with E-state index in [1.54, 1.807) is 6.07 Å². The summed E-state index contributed by atoms with van der Waals surface area (Å²) >= 11 is 3.56. The van der Waals surface area contributed by atoms with Crippen molar-refractivity contribution in [1.29, 1.82) is 0 Å². The number of aryl methyl sites for hydroxylation is 1. The van der Waals surface area contributed by atoms with Gasteiger partial charge in [-0.15, -0.1) is 0 Å². The van der Waals surface area contributed by atoms with Gasteiger partial charge in [-0.3, -0.25) is 4.79 Å². The quantitative estimate of drug-likeness (QED) is 0.783. The first-order valence-electron chi connectivity index (χ1n) is 6.41. The molecular formula is C14H20BrNO. The van der Waals surface area contributed by atoms with Crippen molar-refractivity contribution in [1.82, 2.24) is 4.57 Å². The molecule has 0 bridgehead atoms. The molecule has 2 rings (SSSR count). The van der Waals surface area contributed by atoms with Crippen LogP contribution in [0.5, 0.6) is 0 Å². The molecule has 2 nitrogen and oxygen atoms in total. The minimum Gasteiger partial charge on any atom is -0.312 e. The van der Waals surface area contributed by atoms with Gasteiger partial charge >= 0.3 is 0 Å². The second-order valence-corrected chi connectivity index (χ2v) is 5.91. The Hall–Kier alpha value is -0.570. The van der Waals surface area contributed by atoms with Gasteiger partial charge in [-0.05, 0) is 36.7 Å². The van der Waals surface area contributed by atoms with E-state index >= 15 is 0 Å². The third kappa shape index (κ3) is 2.65. The Kier molecular flexibility index (Phi) is 4.08. The molecule has 0 radical (unpaired) electrons. The fourth-order valence-electron chi connectivity index (χ4n) is 2.51. The number of hydrogen-bond donors (Lipinski definition) is 0. The predicted octanol–water partition coefficient (Wildman–Crippen LogP) is 3.00. The van der Waals surface area contributed by atoms with Crippen LogP contribution in [-0.4, -0.2) is 9.90 Å². The Morgan fingerprint density at radius 1 is 1.35 bits per heavy atom. The molecule has 1 aliphatic rings. The van der Waals surface area contributed by atoms with E-state index in [9.17, 15) is 4.79 Å². The molecule has 1 heterocycles. The first-order chi connectivity index (χ1) is 8.13. The maximum Gasteiger partial charge on any atom is 0.250 e. The Morgan fingerprint density at radius 2 is 2.12 bits per heavy atom. The van der Waals surface area contributed by atoms with Crippen LogP contribution in [0, 0.1) is 11.8 Å². The summed E-state index contributed by atoms with van der Waals surface area (Å²) < 4.78 is 2.01. The molecule has 3 heteroatoms. The van der Waals surface area contributed by atoms with Crippen LogP contribution < -0.4 is 5.56 Å². The van der Waals surface area contributed by atoms with Gasteiger partial charge in [-0.2, -0.15) is 0 Å². The summed E-state index contributed by atoms with van der Waals surface area (Å²) in [7, 11) is 0. The lowest BCUT2D eigenvalue weighted by molar-refractivity contribution is 0.364. The highest BCUT2D eigenvalue weighted by molar-refractivity contribution is 9.09. The van der Waals surface area contributed by atoms with Crippen LogP contribution in [0.15, 0.2) is 16.9 Å². The highest BCUT2D eigenvalue weighted by Crippen LogP contribution is 2.22. The molecule has 0 fully saturated rings. The molecule has 0 saturated carbocycles. The summed E-state index contributed by atoms with van der Waals surface area (Å²) in [6, 6.07) is 3.75. The molecule has 1 atom stereocenters. The van der Waals surface area contributed by atoms with Crippen molar-refractivity contribution in [3.63, 3.8) is 0 Å². The second kappa shape index (κ2) is 5.38. The van der Waals surface area contributed by atoms with Gasteiger partial charge in [0, 0.05) is 23.6 Å². The highest BCUT2D eigenvalue weighted by Gasteiger charge is 2.19. The van der Waals surface area contributed by atoms with Gasteiger partial charge in [-0.1, -0.05) is 35.8 Å². The largest absolute Gasteiger partial charge is 0.312 e. The average Bonchev–Trinajstić information content (AvgIpc) is 2.75. The molecule has 0 aromatic carbocycles. The van der Waals surface area contributed by atoms with E-state index < -0.39 is 0 Å². The van der Waals surface area contributed by atoms with Gasteiger partial charge in [0.05, 0.1) is 0 Å². The molecule has 1 unspecified atom stereocenters.